The minimum atomic E-state index is 0.559. The molecule has 0 spiro atoms. The summed E-state index contributed by atoms with van der Waals surface area (Å²) in [5.74, 6) is 0.857. The summed E-state index contributed by atoms with van der Waals surface area (Å²) in [6, 6.07) is 0.559. The zero-order valence-electron chi connectivity index (χ0n) is 11.6. The van der Waals surface area contributed by atoms with Crippen molar-refractivity contribution in [3.8, 4) is 0 Å². The van der Waals surface area contributed by atoms with Crippen LogP contribution in [0.1, 0.15) is 19.4 Å². The van der Waals surface area contributed by atoms with Crippen LogP contribution in [0.2, 0.25) is 0 Å². The van der Waals surface area contributed by atoms with Crippen molar-refractivity contribution in [2.45, 2.75) is 26.4 Å². The minimum Gasteiger partial charge on any atom is -0.338 e. The number of hydrogen-bond donors (Lipinski definition) is 1. The fourth-order valence-corrected chi connectivity index (χ4v) is 2.10. The van der Waals surface area contributed by atoms with Gasteiger partial charge >= 0.3 is 0 Å². The zero-order chi connectivity index (χ0) is 13.0. The van der Waals surface area contributed by atoms with Crippen molar-refractivity contribution in [3.63, 3.8) is 0 Å². The molecule has 2 rings (SSSR count). The number of rotatable bonds is 4. The summed E-state index contributed by atoms with van der Waals surface area (Å²) >= 11 is 0. The zero-order valence-corrected chi connectivity index (χ0v) is 11.6. The lowest BCUT2D eigenvalue weighted by atomic mass is 10.2. The summed E-state index contributed by atoms with van der Waals surface area (Å²) in [5, 5.41) is 3.28. The number of likely N-dealkylation sites (N-methyl/N-ethyl adjacent to an activating group) is 1. The minimum absolute atomic E-state index is 0.559. The quantitative estimate of drug-likeness (QED) is 0.852. The Balaban J connectivity index is 1.97. The first-order chi connectivity index (χ1) is 8.70. The third-order valence-corrected chi connectivity index (χ3v) is 3.51. The molecule has 0 amide bonds. The van der Waals surface area contributed by atoms with Gasteiger partial charge in [0.2, 0.25) is 5.95 Å². The van der Waals surface area contributed by atoms with Gasteiger partial charge in [-0.1, -0.05) is 6.92 Å². The summed E-state index contributed by atoms with van der Waals surface area (Å²) in [5.41, 5.74) is 1.14. The molecule has 5 heteroatoms. The van der Waals surface area contributed by atoms with Gasteiger partial charge in [-0.2, -0.15) is 0 Å². The topological polar surface area (TPSA) is 44.3 Å². The van der Waals surface area contributed by atoms with Crippen molar-refractivity contribution >= 4 is 5.95 Å². The molecule has 1 saturated heterocycles. The van der Waals surface area contributed by atoms with E-state index < -0.39 is 0 Å². The second-order valence-corrected chi connectivity index (χ2v) is 4.95. The van der Waals surface area contributed by atoms with Crippen molar-refractivity contribution in [3.05, 3.63) is 18.0 Å². The Hall–Kier alpha value is -1.20. The summed E-state index contributed by atoms with van der Waals surface area (Å²) in [7, 11) is 2.17. The smallest absolute Gasteiger partial charge is 0.225 e. The van der Waals surface area contributed by atoms with E-state index in [2.05, 4.69) is 46.0 Å². The van der Waals surface area contributed by atoms with E-state index in [0.717, 1.165) is 44.2 Å². The molecule has 1 aliphatic rings. The predicted molar refractivity (Wildman–Crippen MR) is 73.7 cm³/mol. The maximum atomic E-state index is 4.47. The van der Waals surface area contributed by atoms with Gasteiger partial charge in [-0.15, -0.1) is 0 Å². The van der Waals surface area contributed by atoms with E-state index in [9.17, 15) is 0 Å². The molecular weight excluding hydrogens is 226 g/mol. The molecule has 0 bridgehead atoms. The van der Waals surface area contributed by atoms with Crippen LogP contribution in [0.15, 0.2) is 12.4 Å². The van der Waals surface area contributed by atoms with Gasteiger partial charge in [0.05, 0.1) is 0 Å². The summed E-state index contributed by atoms with van der Waals surface area (Å²) in [6.45, 7) is 9.24. The second kappa shape index (κ2) is 6.11. The lowest BCUT2D eigenvalue weighted by Gasteiger charge is -2.37. The van der Waals surface area contributed by atoms with E-state index in [1.54, 1.807) is 0 Å². The fraction of sp³-hybridized carbons (Fsp3) is 0.692. The Bertz CT molecular complexity index is 364. The Morgan fingerprint density at radius 3 is 2.67 bits per heavy atom. The molecule has 1 N–H and O–H groups in total. The van der Waals surface area contributed by atoms with Gasteiger partial charge < -0.3 is 15.1 Å². The standard InChI is InChI=1S/C13H23N5/c1-4-14-7-12-8-15-13(16-9-12)18-6-5-17(3)11(2)10-18/h8-9,11,14H,4-7,10H2,1-3H3. The van der Waals surface area contributed by atoms with Crippen molar-refractivity contribution in [2.75, 3.05) is 38.1 Å². The van der Waals surface area contributed by atoms with Crippen LogP contribution in [0.3, 0.4) is 0 Å². The molecule has 18 heavy (non-hydrogen) atoms. The van der Waals surface area contributed by atoms with Gasteiger partial charge in [-0.05, 0) is 20.5 Å². The number of hydrogen-bond acceptors (Lipinski definition) is 5. The third kappa shape index (κ3) is 3.17. The van der Waals surface area contributed by atoms with Crippen molar-refractivity contribution in [1.82, 2.24) is 20.2 Å². The molecule has 1 unspecified atom stereocenters. The highest BCUT2D eigenvalue weighted by Gasteiger charge is 2.22. The molecule has 1 aliphatic heterocycles. The monoisotopic (exact) mass is 249 g/mol. The van der Waals surface area contributed by atoms with Gasteiger partial charge in [0.1, 0.15) is 0 Å². The van der Waals surface area contributed by atoms with Crippen LogP contribution in [0.5, 0.6) is 0 Å². The highest BCUT2D eigenvalue weighted by molar-refractivity contribution is 5.31. The van der Waals surface area contributed by atoms with E-state index in [-0.39, 0.29) is 0 Å². The van der Waals surface area contributed by atoms with Crippen molar-refractivity contribution < 1.29 is 0 Å². The van der Waals surface area contributed by atoms with Crippen LogP contribution < -0.4 is 10.2 Å². The first-order valence-corrected chi connectivity index (χ1v) is 6.67. The molecule has 0 radical (unpaired) electrons. The number of aromatic nitrogens is 2. The second-order valence-electron chi connectivity index (χ2n) is 4.95. The summed E-state index contributed by atoms with van der Waals surface area (Å²) < 4.78 is 0. The molecule has 0 saturated carbocycles. The summed E-state index contributed by atoms with van der Waals surface area (Å²) in [4.78, 5) is 13.6. The van der Waals surface area contributed by atoms with Gasteiger partial charge in [0.25, 0.3) is 0 Å². The van der Waals surface area contributed by atoms with E-state index in [1.165, 1.54) is 0 Å². The Labute approximate surface area is 109 Å². The lowest BCUT2D eigenvalue weighted by Crippen LogP contribution is -2.50. The highest BCUT2D eigenvalue weighted by atomic mass is 15.3. The van der Waals surface area contributed by atoms with Crippen LogP contribution in [-0.2, 0) is 6.54 Å². The number of piperazine rings is 1. The van der Waals surface area contributed by atoms with Crippen molar-refractivity contribution in [2.24, 2.45) is 0 Å². The van der Waals surface area contributed by atoms with E-state index in [1.807, 2.05) is 12.4 Å². The number of anilines is 1. The average Bonchev–Trinajstić information content (AvgIpc) is 2.40. The van der Waals surface area contributed by atoms with E-state index in [0.29, 0.717) is 6.04 Å². The lowest BCUT2D eigenvalue weighted by molar-refractivity contribution is 0.233. The largest absolute Gasteiger partial charge is 0.338 e. The normalized spacial score (nSPS) is 21.3. The van der Waals surface area contributed by atoms with Crippen LogP contribution in [0.25, 0.3) is 0 Å². The molecular formula is C13H23N5. The molecule has 5 nitrogen and oxygen atoms in total. The van der Waals surface area contributed by atoms with Crippen LogP contribution >= 0.6 is 0 Å². The molecule has 0 aromatic carbocycles. The number of nitrogens with zero attached hydrogens (tertiary/aromatic N) is 4. The molecule has 1 aromatic heterocycles. The maximum Gasteiger partial charge on any atom is 0.225 e. The van der Waals surface area contributed by atoms with Crippen LogP contribution in [0, 0.1) is 0 Å². The Morgan fingerprint density at radius 2 is 2.06 bits per heavy atom. The van der Waals surface area contributed by atoms with Gasteiger partial charge in [-0.3, -0.25) is 0 Å². The maximum absolute atomic E-state index is 4.47. The summed E-state index contributed by atoms with van der Waals surface area (Å²) in [6.07, 6.45) is 3.85. The van der Waals surface area contributed by atoms with E-state index in [4.69, 9.17) is 0 Å². The average molecular weight is 249 g/mol. The first kappa shape index (κ1) is 13.2. The molecule has 1 fully saturated rings. The fourth-order valence-electron chi connectivity index (χ4n) is 2.10. The van der Waals surface area contributed by atoms with Crippen molar-refractivity contribution in [1.29, 1.82) is 0 Å². The third-order valence-electron chi connectivity index (χ3n) is 3.51. The SMILES string of the molecule is CCNCc1cnc(N2CCN(C)C(C)C2)nc1. The molecule has 2 heterocycles. The van der Waals surface area contributed by atoms with E-state index >= 15 is 0 Å². The Kier molecular flexibility index (Phi) is 4.49. The van der Waals surface area contributed by atoms with Gasteiger partial charge in [-0.25, -0.2) is 9.97 Å². The molecule has 0 aliphatic carbocycles. The van der Waals surface area contributed by atoms with Gasteiger partial charge in [0.15, 0.2) is 0 Å². The molecule has 1 aromatic rings. The van der Waals surface area contributed by atoms with Gasteiger partial charge in [0, 0.05) is 50.2 Å². The first-order valence-electron chi connectivity index (χ1n) is 6.67. The molecule has 100 valence electrons. The Morgan fingerprint density at radius 1 is 1.33 bits per heavy atom. The van der Waals surface area contributed by atoms with Crippen LogP contribution in [0.4, 0.5) is 5.95 Å². The number of nitrogens with one attached hydrogen (secondary N) is 1. The van der Waals surface area contributed by atoms with Crippen LogP contribution in [-0.4, -0.2) is 54.1 Å². The predicted octanol–water partition coefficient (Wildman–Crippen LogP) is 0.726. The highest BCUT2D eigenvalue weighted by Crippen LogP contribution is 2.13. The molecule has 1 atom stereocenters.